The van der Waals surface area contributed by atoms with E-state index in [2.05, 4.69) is 4.98 Å². The first kappa shape index (κ1) is 21.3. The molecule has 2 heterocycles. The van der Waals surface area contributed by atoms with Gasteiger partial charge >= 0.3 is 0 Å². The van der Waals surface area contributed by atoms with Gasteiger partial charge in [-0.3, -0.25) is 0 Å². The van der Waals surface area contributed by atoms with Crippen molar-refractivity contribution in [1.29, 1.82) is 0 Å². The number of ether oxygens (including phenoxy) is 1. The third-order valence-electron chi connectivity index (χ3n) is 5.02. The van der Waals surface area contributed by atoms with Crippen molar-refractivity contribution >= 4 is 55.4 Å². The molecule has 1 fully saturated rings. The number of morpholine rings is 1. The van der Waals surface area contributed by atoms with Crippen LogP contribution >= 0.6 is 23.2 Å². The van der Waals surface area contributed by atoms with Crippen LogP contribution in [-0.4, -0.2) is 48.6 Å². The molecular formula is C21H21Cl2N3O3S. The van der Waals surface area contributed by atoms with Crippen LogP contribution in [0.2, 0.25) is 5.02 Å². The van der Waals surface area contributed by atoms with Crippen LogP contribution in [0.25, 0.3) is 22.1 Å². The van der Waals surface area contributed by atoms with Gasteiger partial charge in [-0.2, -0.15) is 4.31 Å². The maximum absolute atomic E-state index is 13.0. The SMILES string of the molecule is CCn1c(C(Cl)=Cc2ccc(Cl)cc2)nc2cc(S(=O)(=O)N3CCOCC3)ccc21. The molecule has 0 unspecified atom stereocenters. The van der Waals surface area contributed by atoms with Gasteiger partial charge < -0.3 is 9.30 Å². The zero-order valence-corrected chi connectivity index (χ0v) is 18.7. The molecule has 1 aliphatic heterocycles. The third-order valence-corrected chi connectivity index (χ3v) is 7.45. The van der Waals surface area contributed by atoms with Crippen molar-refractivity contribution in [2.75, 3.05) is 26.3 Å². The summed E-state index contributed by atoms with van der Waals surface area (Å²) in [6.45, 7) is 4.15. The number of hydrogen-bond donors (Lipinski definition) is 0. The largest absolute Gasteiger partial charge is 0.379 e. The van der Waals surface area contributed by atoms with Crippen molar-refractivity contribution in [3.8, 4) is 0 Å². The van der Waals surface area contributed by atoms with Gasteiger partial charge in [-0.25, -0.2) is 13.4 Å². The summed E-state index contributed by atoms with van der Waals surface area (Å²) in [4.78, 5) is 4.87. The Bertz CT molecular complexity index is 1200. The van der Waals surface area contributed by atoms with E-state index in [1.54, 1.807) is 30.3 Å². The smallest absolute Gasteiger partial charge is 0.243 e. The number of benzene rings is 2. The predicted octanol–water partition coefficient (Wildman–Crippen LogP) is 4.47. The Morgan fingerprint density at radius 3 is 2.53 bits per heavy atom. The third kappa shape index (κ3) is 4.13. The molecule has 1 aromatic heterocycles. The van der Waals surface area contributed by atoms with Crippen molar-refractivity contribution in [3.05, 3.63) is 58.9 Å². The van der Waals surface area contributed by atoms with E-state index in [0.717, 1.165) is 11.1 Å². The number of imidazole rings is 1. The van der Waals surface area contributed by atoms with Gasteiger partial charge in [0.25, 0.3) is 0 Å². The summed E-state index contributed by atoms with van der Waals surface area (Å²) in [5.41, 5.74) is 2.31. The molecule has 0 bridgehead atoms. The van der Waals surface area contributed by atoms with E-state index < -0.39 is 10.0 Å². The number of sulfonamides is 1. The lowest BCUT2D eigenvalue weighted by Crippen LogP contribution is -2.40. The number of fused-ring (bicyclic) bond motifs is 1. The van der Waals surface area contributed by atoms with E-state index in [-0.39, 0.29) is 4.90 Å². The number of rotatable bonds is 5. The lowest BCUT2D eigenvalue weighted by molar-refractivity contribution is 0.0730. The lowest BCUT2D eigenvalue weighted by Gasteiger charge is -2.26. The van der Waals surface area contributed by atoms with Crippen LogP contribution in [0.15, 0.2) is 47.4 Å². The average Bonchev–Trinajstić information content (AvgIpc) is 3.14. The van der Waals surface area contributed by atoms with E-state index in [9.17, 15) is 8.42 Å². The molecule has 158 valence electrons. The van der Waals surface area contributed by atoms with Crippen molar-refractivity contribution < 1.29 is 13.2 Å². The first-order valence-electron chi connectivity index (χ1n) is 9.61. The van der Waals surface area contributed by atoms with Gasteiger partial charge in [0, 0.05) is 24.7 Å². The first-order valence-corrected chi connectivity index (χ1v) is 11.8. The summed E-state index contributed by atoms with van der Waals surface area (Å²) < 4.78 is 34.6. The Hall–Kier alpha value is -1.90. The highest BCUT2D eigenvalue weighted by atomic mass is 35.5. The summed E-state index contributed by atoms with van der Waals surface area (Å²) in [7, 11) is -3.59. The van der Waals surface area contributed by atoms with Gasteiger partial charge in [0.1, 0.15) is 0 Å². The van der Waals surface area contributed by atoms with Crippen LogP contribution < -0.4 is 0 Å². The molecule has 3 aromatic rings. The van der Waals surface area contributed by atoms with Gasteiger partial charge in [0.2, 0.25) is 10.0 Å². The molecule has 0 atom stereocenters. The standard InChI is InChI=1S/C21H21Cl2N3O3S/c1-2-26-20-8-7-17(30(27,28)25-9-11-29-12-10-25)14-19(20)24-21(26)18(23)13-15-3-5-16(22)6-4-15/h3-8,13-14H,2,9-12H2,1H3. The van der Waals surface area contributed by atoms with Crippen LogP contribution in [0, 0.1) is 0 Å². The summed E-state index contributed by atoms with van der Waals surface area (Å²) in [5, 5.41) is 1.12. The van der Waals surface area contributed by atoms with Crippen LogP contribution in [0.1, 0.15) is 18.3 Å². The van der Waals surface area contributed by atoms with Gasteiger partial charge in [0.05, 0.1) is 34.2 Å². The van der Waals surface area contributed by atoms with Crippen LogP contribution in [0.5, 0.6) is 0 Å². The van der Waals surface area contributed by atoms with Crippen molar-refractivity contribution in [3.63, 3.8) is 0 Å². The highest BCUT2D eigenvalue weighted by Crippen LogP contribution is 2.29. The molecule has 30 heavy (non-hydrogen) atoms. The molecule has 0 radical (unpaired) electrons. The zero-order valence-electron chi connectivity index (χ0n) is 16.4. The minimum atomic E-state index is -3.59. The topological polar surface area (TPSA) is 64.4 Å². The second-order valence-corrected chi connectivity index (χ2v) is 9.67. The average molecular weight is 466 g/mol. The number of hydrogen-bond acceptors (Lipinski definition) is 4. The number of halogens is 2. The van der Waals surface area contributed by atoms with Crippen LogP contribution in [0.4, 0.5) is 0 Å². The second kappa shape index (κ2) is 8.69. The van der Waals surface area contributed by atoms with E-state index in [1.807, 2.05) is 29.7 Å². The Kier molecular flexibility index (Phi) is 6.18. The Morgan fingerprint density at radius 2 is 1.87 bits per heavy atom. The summed E-state index contributed by atoms with van der Waals surface area (Å²) in [5.74, 6) is 0.588. The van der Waals surface area contributed by atoms with E-state index in [0.29, 0.717) is 54.2 Å². The van der Waals surface area contributed by atoms with Gasteiger partial charge in [0.15, 0.2) is 5.82 Å². The minimum absolute atomic E-state index is 0.224. The Balaban J connectivity index is 1.74. The predicted molar refractivity (Wildman–Crippen MR) is 120 cm³/mol. The molecule has 0 N–H and O–H groups in total. The maximum Gasteiger partial charge on any atom is 0.243 e. The molecule has 4 rings (SSSR count). The number of aryl methyl sites for hydroxylation is 1. The summed E-state index contributed by atoms with van der Waals surface area (Å²) in [6.07, 6.45) is 1.82. The second-order valence-electron chi connectivity index (χ2n) is 6.89. The Morgan fingerprint density at radius 1 is 1.17 bits per heavy atom. The van der Waals surface area contributed by atoms with E-state index >= 15 is 0 Å². The van der Waals surface area contributed by atoms with Gasteiger partial charge in [-0.1, -0.05) is 35.3 Å². The Labute approximate surface area is 185 Å². The fraction of sp³-hybridized carbons (Fsp3) is 0.286. The van der Waals surface area contributed by atoms with Gasteiger partial charge in [-0.05, 0) is 48.9 Å². The van der Waals surface area contributed by atoms with Crippen LogP contribution in [-0.2, 0) is 21.3 Å². The molecule has 6 nitrogen and oxygen atoms in total. The van der Waals surface area contributed by atoms with Crippen LogP contribution in [0.3, 0.4) is 0 Å². The molecule has 0 spiro atoms. The normalized spacial score (nSPS) is 16.3. The zero-order chi connectivity index (χ0) is 21.3. The molecule has 2 aromatic carbocycles. The molecule has 0 saturated carbocycles. The van der Waals surface area contributed by atoms with E-state index in [1.165, 1.54) is 4.31 Å². The molecular weight excluding hydrogens is 445 g/mol. The van der Waals surface area contributed by atoms with E-state index in [4.69, 9.17) is 27.9 Å². The highest BCUT2D eigenvalue weighted by Gasteiger charge is 2.27. The molecule has 9 heteroatoms. The minimum Gasteiger partial charge on any atom is -0.379 e. The van der Waals surface area contributed by atoms with Gasteiger partial charge in [-0.15, -0.1) is 0 Å². The fourth-order valence-electron chi connectivity index (χ4n) is 3.48. The molecule has 1 saturated heterocycles. The number of aromatic nitrogens is 2. The highest BCUT2D eigenvalue weighted by molar-refractivity contribution is 7.89. The quantitative estimate of drug-likeness (QED) is 0.557. The molecule has 0 aliphatic carbocycles. The fourth-order valence-corrected chi connectivity index (χ4v) is 5.30. The first-order chi connectivity index (χ1) is 14.4. The monoisotopic (exact) mass is 465 g/mol. The van der Waals surface area contributed by atoms with Crippen molar-refractivity contribution in [1.82, 2.24) is 13.9 Å². The molecule has 0 amide bonds. The summed E-state index contributed by atoms with van der Waals surface area (Å²) >= 11 is 12.5. The lowest BCUT2D eigenvalue weighted by atomic mass is 10.2. The molecule has 1 aliphatic rings. The summed E-state index contributed by atoms with van der Waals surface area (Å²) in [6, 6.07) is 12.4. The van der Waals surface area contributed by atoms with Crippen molar-refractivity contribution in [2.45, 2.75) is 18.4 Å². The number of nitrogens with zero attached hydrogens (tertiary/aromatic N) is 3. The van der Waals surface area contributed by atoms with Crippen molar-refractivity contribution in [2.24, 2.45) is 0 Å². The maximum atomic E-state index is 13.0.